The maximum absolute atomic E-state index is 12.5. The maximum atomic E-state index is 12.5. The van der Waals surface area contributed by atoms with Gasteiger partial charge in [-0.3, -0.25) is 4.79 Å². The van der Waals surface area contributed by atoms with E-state index >= 15 is 0 Å². The highest BCUT2D eigenvalue weighted by atomic mass is 16.3. The molecule has 0 unspecified atom stereocenters. The number of nitrogens with zero attached hydrogens (tertiary/aromatic N) is 1. The molecule has 0 aliphatic carbocycles. The van der Waals surface area contributed by atoms with Gasteiger partial charge >= 0.3 is 0 Å². The van der Waals surface area contributed by atoms with Crippen LogP contribution < -0.4 is 10.9 Å². The number of aromatic nitrogens is 1. The largest absolute Gasteiger partial charge is 0.471 e. The highest BCUT2D eigenvalue weighted by Gasteiger charge is 2.28. The van der Waals surface area contributed by atoms with Crippen LogP contribution in [0.2, 0.25) is 0 Å². The lowest BCUT2D eigenvalue weighted by atomic mass is 9.98. The topological polar surface area (TPSA) is 47.2 Å². The van der Waals surface area contributed by atoms with Crippen LogP contribution >= 0.6 is 0 Å². The Morgan fingerprint density at radius 1 is 1.19 bits per heavy atom. The Hall–Kier alpha value is -2.75. The first-order valence-electron chi connectivity index (χ1n) is 6.98. The average Bonchev–Trinajstić information content (AvgIpc) is 3.10. The van der Waals surface area contributed by atoms with Crippen molar-refractivity contribution < 1.29 is 4.42 Å². The van der Waals surface area contributed by atoms with E-state index in [1.807, 2.05) is 16.7 Å². The highest BCUT2D eigenvalue weighted by molar-refractivity contribution is 5.89. The van der Waals surface area contributed by atoms with E-state index < -0.39 is 0 Å². The molecule has 3 aromatic rings. The lowest BCUT2D eigenvalue weighted by molar-refractivity contribution is 0.572. The first kappa shape index (κ1) is 11.0. The van der Waals surface area contributed by atoms with Crippen LogP contribution in [0.3, 0.4) is 0 Å². The van der Waals surface area contributed by atoms with Crippen LogP contribution in [0.4, 0.5) is 5.69 Å². The summed E-state index contributed by atoms with van der Waals surface area (Å²) in [6.07, 6.45) is 4.06. The van der Waals surface area contributed by atoms with Gasteiger partial charge < -0.3 is 14.3 Å². The van der Waals surface area contributed by atoms with Crippen LogP contribution in [-0.2, 0) is 13.0 Å². The minimum Gasteiger partial charge on any atom is -0.471 e. The van der Waals surface area contributed by atoms with Gasteiger partial charge in [-0.05, 0) is 29.7 Å². The van der Waals surface area contributed by atoms with Crippen LogP contribution in [0.15, 0.2) is 57.6 Å². The molecule has 2 aliphatic rings. The van der Waals surface area contributed by atoms with Gasteiger partial charge in [0.25, 0.3) is 5.56 Å². The van der Waals surface area contributed by atoms with Crippen molar-refractivity contribution in [1.82, 2.24) is 4.57 Å². The Labute approximate surface area is 120 Å². The molecule has 0 spiro atoms. The van der Waals surface area contributed by atoms with Crippen LogP contribution in [0, 0.1) is 0 Å². The second-order valence-corrected chi connectivity index (χ2v) is 5.60. The van der Waals surface area contributed by atoms with Gasteiger partial charge in [0.2, 0.25) is 0 Å². The molecule has 1 N–H and O–H groups in total. The molecular formula is C17H12N2O2. The fourth-order valence-electron chi connectivity index (χ4n) is 3.35. The van der Waals surface area contributed by atoms with Gasteiger partial charge in [-0.1, -0.05) is 18.2 Å². The molecule has 4 nitrogen and oxygen atoms in total. The molecule has 1 aromatic carbocycles. The third-order valence-corrected chi connectivity index (χ3v) is 4.39. The molecule has 0 saturated heterocycles. The van der Waals surface area contributed by atoms with E-state index in [1.54, 1.807) is 6.26 Å². The standard InChI is InChI=1S/C17H12N2O2/c20-17-13-9-21-8-12(13)6-15-16-11(7-19(15)17)5-10-3-1-2-4-14(10)18-16/h1-4,6,8-9,18H,5,7H2. The molecule has 0 atom stereocenters. The number of furan rings is 1. The number of allylic oxidation sites excluding steroid dienone is 1. The van der Waals surface area contributed by atoms with E-state index in [0.717, 1.165) is 28.9 Å². The van der Waals surface area contributed by atoms with E-state index in [1.165, 1.54) is 17.4 Å². The molecule has 4 heterocycles. The Kier molecular flexibility index (Phi) is 1.91. The minimum absolute atomic E-state index is 0.0245. The van der Waals surface area contributed by atoms with E-state index in [4.69, 9.17) is 4.42 Å². The van der Waals surface area contributed by atoms with Crippen LogP contribution in [0.1, 0.15) is 11.3 Å². The zero-order valence-electron chi connectivity index (χ0n) is 11.2. The van der Waals surface area contributed by atoms with Crippen LogP contribution in [-0.4, -0.2) is 4.57 Å². The molecule has 2 aromatic heterocycles. The molecule has 102 valence electrons. The summed E-state index contributed by atoms with van der Waals surface area (Å²) in [5, 5.41) is 5.00. The number of hydrogen-bond donors (Lipinski definition) is 1. The Morgan fingerprint density at radius 2 is 2.10 bits per heavy atom. The van der Waals surface area contributed by atoms with Crippen molar-refractivity contribution >= 4 is 22.2 Å². The average molecular weight is 276 g/mol. The van der Waals surface area contributed by atoms with Gasteiger partial charge in [-0.25, -0.2) is 0 Å². The molecule has 0 saturated carbocycles. The van der Waals surface area contributed by atoms with Crippen molar-refractivity contribution in [2.45, 2.75) is 13.0 Å². The van der Waals surface area contributed by atoms with Gasteiger partial charge in [0.05, 0.1) is 23.0 Å². The quantitative estimate of drug-likeness (QED) is 0.686. The smallest absolute Gasteiger partial charge is 0.262 e. The number of anilines is 1. The van der Waals surface area contributed by atoms with E-state index in [0.29, 0.717) is 11.9 Å². The number of pyridine rings is 1. The van der Waals surface area contributed by atoms with Crippen LogP contribution in [0.25, 0.3) is 16.5 Å². The lowest BCUT2D eigenvalue weighted by Gasteiger charge is -2.19. The molecule has 0 fully saturated rings. The molecule has 0 amide bonds. The fourth-order valence-corrected chi connectivity index (χ4v) is 3.35. The van der Waals surface area contributed by atoms with E-state index in [-0.39, 0.29) is 5.56 Å². The number of nitrogens with one attached hydrogen (secondary N) is 1. The molecule has 4 heteroatoms. The maximum Gasteiger partial charge on any atom is 0.262 e. The normalized spacial score (nSPS) is 15.6. The number of hydrogen-bond acceptors (Lipinski definition) is 3. The summed E-state index contributed by atoms with van der Waals surface area (Å²) >= 11 is 0. The summed E-state index contributed by atoms with van der Waals surface area (Å²) in [7, 11) is 0. The molecule has 0 bridgehead atoms. The highest BCUT2D eigenvalue weighted by Crippen LogP contribution is 2.37. The summed E-state index contributed by atoms with van der Waals surface area (Å²) in [4.78, 5) is 12.5. The van der Waals surface area contributed by atoms with Crippen LogP contribution in [0.5, 0.6) is 0 Å². The first-order chi connectivity index (χ1) is 10.3. The molecule has 2 aliphatic heterocycles. The number of para-hydroxylation sites is 1. The SMILES string of the molecule is O=c1c2cocc2cc2n1CC1=C2Nc2ccccc2C1. The van der Waals surface area contributed by atoms with Crippen molar-refractivity contribution in [3.05, 3.63) is 70.0 Å². The Morgan fingerprint density at radius 3 is 3.05 bits per heavy atom. The van der Waals surface area contributed by atoms with Gasteiger partial charge in [-0.2, -0.15) is 0 Å². The minimum atomic E-state index is 0.0245. The van der Waals surface area contributed by atoms with Crippen molar-refractivity contribution in [2.24, 2.45) is 0 Å². The number of fused-ring (bicyclic) bond motifs is 4. The summed E-state index contributed by atoms with van der Waals surface area (Å²) in [5.41, 5.74) is 5.75. The van der Waals surface area contributed by atoms with Crippen molar-refractivity contribution in [1.29, 1.82) is 0 Å². The van der Waals surface area contributed by atoms with E-state index in [9.17, 15) is 4.79 Å². The van der Waals surface area contributed by atoms with Gasteiger partial charge in [0.1, 0.15) is 6.26 Å². The predicted molar refractivity (Wildman–Crippen MR) is 81.2 cm³/mol. The van der Waals surface area contributed by atoms with Crippen molar-refractivity contribution in [3.8, 4) is 0 Å². The molecular weight excluding hydrogens is 264 g/mol. The Balaban J connectivity index is 1.74. The lowest BCUT2D eigenvalue weighted by Crippen LogP contribution is -2.20. The second kappa shape index (κ2) is 3.67. The second-order valence-electron chi connectivity index (χ2n) is 5.60. The molecule has 0 radical (unpaired) electrons. The summed E-state index contributed by atoms with van der Waals surface area (Å²) in [5.74, 6) is 0. The molecule has 5 rings (SSSR count). The first-order valence-corrected chi connectivity index (χ1v) is 6.98. The monoisotopic (exact) mass is 276 g/mol. The van der Waals surface area contributed by atoms with Gasteiger partial charge in [0.15, 0.2) is 0 Å². The zero-order chi connectivity index (χ0) is 14.0. The van der Waals surface area contributed by atoms with Gasteiger partial charge in [0, 0.05) is 17.6 Å². The van der Waals surface area contributed by atoms with Gasteiger partial charge in [-0.15, -0.1) is 0 Å². The summed E-state index contributed by atoms with van der Waals surface area (Å²) < 4.78 is 7.00. The number of rotatable bonds is 0. The van der Waals surface area contributed by atoms with E-state index in [2.05, 4.69) is 23.5 Å². The predicted octanol–water partition coefficient (Wildman–Crippen LogP) is 2.99. The fraction of sp³-hybridized carbons (Fsp3) is 0.118. The number of benzene rings is 1. The summed E-state index contributed by atoms with van der Waals surface area (Å²) in [6.45, 7) is 0.659. The third kappa shape index (κ3) is 1.36. The zero-order valence-corrected chi connectivity index (χ0v) is 11.2. The van der Waals surface area contributed by atoms with Crippen molar-refractivity contribution in [2.75, 3.05) is 5.32 Å². The van der Waals surface area contributed by atoms with Crippen molar-refractivity contribution in [3.63, 3.8) is 0 Å². The summed E-state index contributed by atoms with van der Waals surface area (Å²) in [6, 6.07) is 10.3. The Bertz CT molecular complexity index is 991. The third-order valence-electron chi connectivity index (χ3n) is 4.39. The molecule has 21 heavy (non-hydrogen) atoms.